The molecule has 2 rings (SSSR count). The van der Waals surface area contributed by atoms with Crippen molar-refractivity contribution in [3.8, 4) is 0 Å². The zero-order valence-electron chi connectivity index (χ0n) is 11.4. The van der Waals surface area contributed by atoms with Crippen LogP contribution in [0, 0.1) is 6.92 Å². The van der Waals surface area contributed by atoms with Crippen molar-refractivity contribution in [2.45, 2.75) is 39.2 Å². The first-order valence-corrected chi connectivity index (χ1v) is 6.57. The molecule has 1 aliphatic heterocycles. The highest BCUT2D eigenvalue weighted by molar-refractivity contribution is 5.48. The summed E-state index contributed by atoms with van der Waals surface area (Å²) in [5.41, 5.74) is -0.0253. The van der Waals surface area contributed by atoms with Crippen LogP contribution in [0.4, 0.5) is 11.6 Å². The molecule has 0 spiro atoms. The van der Waals surface area contributed by atoms with Gasteiger partial charge in [-0.25, -0.2) is 9.97 Å². The van der Waals surface area contributed by atoms with E-state index < -0.39 is 0 Å². The smallest absolute Gasteiger partial charge is 0.132 e. The lowest BCUT2D eigenvalue weighted by Crippen LogP contribution is -2.43. The van der Waals surface area contributed by atoms with Crippen LogP contribution in [-0.4, -0.2) is 35.3 Å². The van der Waals surface area contributed by atoms with Gasteiger partial charge in [0.05, 0.1) is 12.1 Å². The molecule has 18 heavy (non-hydrogen) atoms. The standard InChI is InChI=1S/C13H22N4O/c1-4-14-11-8-12(16-10(2)15-11)17-13(3)6-5-7-18-9-13/h8H,4-7,9H2,1-3H3,(H2,14,15,16,17). The summed E-state index contributed by atoms with van der Waals surface area (Å²) in [6, 6.07) is 1.95. The molecule has 1 aromatic rings. The average molecular weight is 250 g/mol. The average Bonchev–Trinajstić information content (AvgIpc) is 2.28. The maximum Gasteiger partial charge on any atom is 0.132 e. The molecule has 1 unspecified atom stereocenters. The van der Waals surface area contributed by atoms with Crippen molar-refractivity contribution in [3.63, 3.8) is 0 Å². The molecule has 1 fully saturated rings. The summed E-state index contributed by atoms with van der Waals surface area (Å²) >= 11 is 0. The van der Waals surface area contributed by atoms with E-state index in [4.69, 9.17) is 4.74 Å². The summed E-state index contributed by atoms with van der Waals surface area (Å²) < 4.78 is 5.54. The molecular weight excluding hydrogens is 228 g/mol. The zero-order chi connectivity index (χ0) is 13.0. The molecule has 0 aromatic carbocycles. The van der Waals surface area contributed by atoms with Gasteiger partial charge in [0.25, 0.3) is 0 Å². The van der Waals surface area contributed by atoms with E-state index >= 15 is 0 Å². The van der Waals surface area contributed by atoms with Crippen LogP contribution in [0.1, 0.15) is 32.5 Å². The number of hydrogen-bond acceptors (Lipinski definition) is 5. The number of nitrogens with one attached hydrogen (secondary N) is 2. The molecule has 0 amide bonds. The van der Waals surface area contributed by atoms with Crippen molar-refractivity contribution in [2.24, 2.45) is 0 Å². The van der Waals surface area contributed by atoms with Crippen LogP contribution in [0.3, 0.4) is 0 Å². The lowest BCUT2D eigenvalue weighted by molar-refractivity contribution is 0.0539. The first-order chi connectivity index (χ1) is 8.61. The van der Waals surface area contributed by atoms with E-state index in [0.29, 0.717) is 0 Å². The van der Waals surface area contributed by atoms with Gasteiger partial charge in [-0.1, -0.05) is 0 Å². The summed E-state index contributed by atoms with van der Waals surface area (Å²) in [5, 5.41) is 6.70. The second-order valence-corrected chi connectivity index (χ2v) is 5.06. The maximum absolute atomic E-state index is 5.54. The van der Waals surface area contributed by atoms with E-state index in [1.807, 2.05) is 13.0 Å². The van der Waals surface area contributed by atoms with Crippen LogP contribution in [0.5, 0.6) is 0 Å². The topological polar surface area (TPSA) is 59.1 Å². The van der Waals surface area contributed by atoms with Gasteiger partial charge >= 0.3 is 0 Å². The monoisotopic (exact) mass is 250 g/mol. The Bertz CT molecular complexity index is 402. The molecular formula is C13H22N4O. The van der Waals surface area contributed by atoms with Crippen molar-refractivity contribution >= 4 is 11.6 Å². The summed E-state index contributed by atoms with van der Waals surface area (Å²) in [5.74, 6) is 2.51. The molecule has 5 heteroatoms. The summed E-state index contributed by atoms with van der Waals surface area (Å²) in [7, 11) is 0. The third-order valence-electron chi connectivity index (χ3n) is 3.06. The van der Waals surface area contributed by atoms with Crippen molar-refractivity contribution in [3.05, 3.63) is 11.9 Å². The van der Waals surface area contributed by atoms with E-state index in [9.17, 15) is 0 Å². The molecule has 1 aromatic heterocycles. The molecule has 2 heterocycles. The number of hydrogen-bond donors (Lipinski definition) is 2. The quantitative estimate of drug-likeness (QED) is 0.858. The summed E-state index contributed by atoms with van der Waals surface area (Å²) in [4.78, 5) is 8.78. The van der Waals surface area contributed by atoms with E-state index in [1.54, 1.807) is 0 Å². The highest BCUT2D eigenvalue weighted by atomic mass is 16.5. The van der Waals surface area contributed by atoms with Gasteiger partial charge in [0, 0.05) is 19.2 Å². The van der Waals surface area contributed by atoms with Crippen LogP contribution in [0.2, 0.25) is 0 Å². The van der Waals surface area contributed by atoms with Crippen molar-refractivity contribution < 1.29 is 4.74 Å². The van der Waals surface area contributed by atoms with Crippen LogP contribution < -0.4 is 10.6 Å². The molecule has 100 valence electrons. The highest BCUT2D eigenvalue weighted by Gasteiger charge is 2.27. The first-order valence-electron chi connectivity index (χ1n) is 6.57. The largest absolute Gasteiger partial charge is 0.379 e. The summed E-state index contributed by atoms with van der Waals surface area (Å²) in [6.07, 6.45) is 2.19. The molecule has 1 atom stereocenters. The molecule has 0 saturated carbocycles. The zero-order valence-corrected chi connectivity index (χ0v) is 11.4. The fourth-order valence-corrected chi connectivity index (χ4v) is 2.25. The highest BCUT2D eigenvalue weighted by Crippen LogP contribution is 2.24. The van der Waals surface area contributed by atoms with E-state index in [0.717, 1.165) is 50.1 Å². The number of ether oxygens (including phenoxy) is 1. The second-order valence-electron chi connectivity index (χ2n) is 5.06. The lowest BCUT2D eigenvalue weighted by Gasteiger charge is -2.34. The SMILES string of the molecule is CCNc1cc(NC2(C)CCCOC2)nc(C)n1. The number of rotatable bonds is 4. The second kappa shape index (κ2) is 5.52. The third-order valence-corrected chi connectivity index (χ3v) is 3.06. The first kappa shape index (κ1) is 13.1. The lowest BCUT2D eigenvalue weighted by atomic mass is 9.95. The van der Waals surface area contributed by atoms with Crippen molar-refractivity contribution in [1.82, 2.24) is 9.97 Å². The van der Waals surface area contributed by atoms with Gasteiger partial charge in [0.2, 0.25) is 0 Å². The molecule has 0 aliphatic carbocycles. The Morgan fingerprint density at radius 3 is 2.83 bits per heavy atom. The van der Waals surface area contributed by atoms with Gasteiger partial charge in [-0.3, -0.25) is 0 Å². The van der Waals surface area contributed by atoms with E-state index in [-0.39, 0.29) is 5.54 Å². The van der Waals surface area contributed by atoms with Crippen LogP contribution in [0.15, 0.2) is 6.07 Å². The van der Waals surface area contributed by atoms with Crippen LogP contribution in [-0.2, 0) is 4.74 Å². The number of aromatic nitrogens is 2. The molecule has 1 saturated heterocycles. The number of aryl methyl sites for hydroxylation is 1. The molecule has 1 aliphatic rings. The Morgan fingerprint density at radius 2 is 2.17 bits per heavy atom. The Kier molecular flexibility index (Phi) is 4.01. The van der Waals surface area contributed by atoms with E-state index in [1.165, 1.54) is 0 Å². The minimum Gasteiger partial charge on any atom is -0.379 e. The Morgan fingerprint density at radius 1 is 1.39 bits per heavy atom. The fourth-order valence-electron chi connectivity index (χ4n) is 2.25. The van der Waals surface area contributed by atoms with Crippen LogP contribution in [0.25, 0.3) is 0 Å². The Balaban J connectivity index is 2.12. The van der Waals surface area contributed by atoms with Crippen molar-refractivity contribution in [1.29, 1.82) is 0 Å². The van der Waals surface area contributed by atoms with Gasteiger partial charge in [0.15, 0.2) is 0 Å². The van der Waals surface area contributed by atoms with Gasteiger partial charge in [-0.2, -0.15) is 0 Å². The van der Waals surface area contributed by atoms with E-state index in [2.05, 4.69) is 34.4 Å². The van der Waals surface area contributed by atoms with Gasteiger partial charge in [-0.05, 0) is 33.6 Å². The summed E-state index contributed by atoms with van der Waals surface area (Å²) in [6.45, 7) is 8.59. The Hall–Kier alpha value is -1.36. The molecule has 5 nitrogen and oxygen atoms in total. The minimum atomic E-state index is -0.0253. The number of nitrogens with zero attached hydrogens (tertiary/aromatic N) is 2. The predicted molar refractivity (Wildman–Crippen MR) is 73.0 cm³/mol. The maximum atomic E-state index is 5.54. The van der Waals surface area contributed by atoms with Gasteiger partial charge < -0.3 is 15.4 Å². The van der Waals surface area contributed by atoms with Gasteiger partial charge in [-0.15, -0.1) is 0 Å². The molecule has 0 radical (unpaired) electrons. The minimum absolute atomic E-state index is 0.0253. The Labute approximate surface area is 108 Å². The normalized spacial score (nSPS) is 23.7. The van der Waals surface area contributed by atoms with Gasteiger partial charge in [0.1, 0.15) is 17.5 Å². The van der Waals surface area contributed by atoms with Crippen LogP contribution >= 0.6 is 0 Å². The molecule has 0 bridgehead atoms. The molecule has 2 N–H and O–H groups in total. The van der Waals surface area contributed by atoms with Crippen molar-refractivity contribution in [2.75, 3.05) is 30.4 Å². The predicted octanol–water partition coefficient (Wildman–Crippen LogP) is 2.20. The number of anilines is 2. The fraction of sp³-hybridized carbons (Fsp3) is 0.692. The third kappa shape index (κ3) is 3.32.